The molecule has 2 aromatic heterocycles. The third kappa shape index (κ3) is 1.85. The molecule has 0 fully saturated rings. The Morgan fingerprint density at radius 3 is 2.73 bits per heavy atom. The molecule has 76 valence electrons. The van der Waals surface area contributed by atoms with Crippen LogP contribution in [0.3, 0.4) is 0 Å². The number of methoxy groups -OCH3 is 1. The zero-order valence-corrected chi connectivity index (χ0v) is 8.10. The van der Waals surface area contributed by atoms with E-state index in [4.69, 9.17) is 4.74 Å². The van der Waals surface area contributed by atoms with Gasteiger partial charge in [0.1, 0.15) is 5.69 Å². The third-order valence-electron chi connectivity index (χ3n) is 1.92. The van der Waals surface area contributed by atoms with E-state index in [0.717, 1.165) is 0 Å². The van der Waals surface area contributed by atoms with Crippen LogP contribution in [0.25, 0.3) is 0 Å². The van der Waals surface area contributed by atoms with Crippen molar-refractivity contribution in [3.8, 4) is 5.88 Å². The van der Waals surface area contributed by atoms with E-state index in [1.807, 2.05) is 0 Å². The summed E-state index contributed by atoms with van der Waals surface area (Å²) in [5.41, 5.74) is 0.785. The number of aromatic nitrogens is 3. The summed E-state index contributed by atoms with van der Waals surface area (Å²) in [7, 11) is 1.50. The molecule has 2 heterocycles. The van der Waals surface area contributed by atoms with Crippen LogP contribution in [0.15, 0.2) is 30.5 Å². The van der Waals surface area contributed by atoms with Crippen LogP contribution < -0.4 is 4.74 Å². The van der Waals surface area contributed by atoms with Gasteiger partial charge in [0, 0.05) is 12.3 Å². The third-order valence-corrected chi connectivity index (χ3v) is 1.92. The van der Waals surface area contributed by atoms with Crippen molar-refractivity contribution in [3.63, 3.8) is 0 Å². The fourth-order valence-electron chi connectivity index (χ4n) is 1.16. The Morgan fingerprint density at radius 2 is 2.20 bits per heavy atom. The van der Waals surface area contributed by atoms with Crippen molar-refractivity contribution in [2.24, 2.45) is 0 Å². The minimum atomic E-state index is -0.185. The fraction of sp³-hybridized carbons (Fsp3) is 0.100. The van der Waals surface area contributed by atoms with E-state index in [2.05, 4.69) is 15.2 Å². The Bertz CT molecular complexity index is 448. The van der Waals surface area contributed by atoms with Gasteiger partial charge >= 0.3 is 0 Å². The Morgan fingerprint density at radius 1 is 1.33 bits per heavy atom. The first-order chi connectivity index (χ1) is 7.31. The van der Waals surface area contributed by atoms with Crippen LogP contribution in [0.1, 0.15) is 16.2 Å². The maximum absolute atomic E-state index is 11.7. The number of hydrogen-bond donors (Lipinski definition) is 1. The van der Waals surface area contributed by atoms with Crippen molar-refractivity contribution in [2.75, 3.05) is 7.11 Å². The Hall–Kier alpha value is -2.17. The number of aromatic amines is 1. The van der Waals surface area contributed by atoms with E-state index in [1.165, 1.54) is 7.11 Å². The number of rotatable bonds is 3. The van der Waals surface area contributed by atoms with Crippen LogP contribution in [0, 0.1) is 0 Å². The second kappa shape index (κ2) is 3.91. The van der Waals surface area contributed by atoms with Gasteiger partial charge in [-0.1, -0.05) is 0 Å². The second-order valence-electron chi connectivity index (χ2n) is 2.87. The average molecular weight is 203 g/mol. The SMILES string of the molecule is COc1ccc(C(=O)c2ccc[nH]2)nn1. The van der Waals surface area contributed by atoms with Gasteiger partial charge in [-0.25, -0.2) is 0 Å². The van der Waals surface area contributed by atoms with Gasteiger partial charge in [0.15, 0.2) is 0 Å². The number of hydrogen-bond acceptors (Lipinski definition) is 4. The minimum absolute atomic E-state index is 0.185. The summed E-state index contributed by atoms with van der Waals surface area (Å²) < 4.78 is 4.85. The standard InChI is InChI=1S/C10H9N3O2/c1-15-9-5-4-8(12-13-9)10(14)7-3-2-6-11-7/h2-6,11H,1H3. The molecule has 0 aliphatic heterocycles. The summed E-state index contributed by atoms with van der Waals surface area (Å²) in [6.07, 6.45) is 1.68. The van der Waals surface area contributed by atoms with E-state index in [1.54, 1.807) is 30.5 Å². The smallest absolute Gasteiger partial charge is 0.233 e. The van der Waals surface area contributed by atoms with Crippen LogP contribution in [0.5, 0.6) is 5.88 Å². The lowest BCUT2D eigenvalue weighted by atomic mass is 10.2. The largest absolute Gasteiger partial charge is 0.480 e. The van der Waals surface area contributed by atoms with Gasteiger partial charge in [0.05, 0.1) is 12.8 Å². The van der Waals surface area contributed by atoms with Crippen molar-refractivity contribution in [2.45, 2.75) is 0 Å². The van der Waals surface area contributed by atoms with Crippen LogP contribution in [0.2, 0.25) is 0 Å². The Labute approximate surface area is 86.1 Å². The second-order valence-corrected chi connectivity index (χ2v) is 2.87. The van der Waals surface area contributed by atoms with Gasteiger partial charge in [-0.3, -0.25) is 4.79 Å². The molecular formula is C10H9N3O2. The molecule has 5 heteroatoms. The van der Waals surface area contributed by atoms with Gasteiger partial charge in [0.2, 0.25) is 11.7 Å². The lowest BCUT2D eigenvalue weighted by Crippen LogP contribution is -2.05. The summed E-state index contributed by atoms with van der Waals surface area (Å²) in [6, 6.07) is 6.62. The maximum Gasteiger partial charge on any atom is 0.233 e. The molecule has 0 bridgehead atoms. The molecule has 0 radical (unpaired) electrons. The lowest BCUT2D eigenvalue weighted by Gasteiger charge is -1.98. The molecular weight excluding hydrogens is 194 g/mol. The number of carbonyl (C=O) groups excluding carboxylic acids is 1. The molecule has 0 aliphatic rings. The normalized spacial score (nSPS) is 9.93. The molecule has 0 spiro atoms. The van der Waals surface area contributed by atoms with E-state index >= 15 is 0 Å². The van der Waals surface area contributed by atoms with Gasteiger partial charge in [-0.05, 0) is 18.2 Å². The average Bonchev–Trinajstić information content (AvgIpc) is 2.82. The van der Waals surface area contributed by atoms with Gasteiger partial charge in [-0.15, -0.1) is 10.2 Å². The molecule has 0 unspecified atom stereocenters. The van der Waals surface area contributed by atoms with Crippen LogP contribution >= 0.6 is 0 Å². The highest BCUT2D eigenvalue weighted by molar-refractivity contribution is 6.06. The highest BCUT2D eigenvalue weighted by atomic mass is 16.5. The summed E-state index contributed by atoms with van der Waals surface area (Å²) >= 11 is 0. The summed E-state index contributed by atoms with van der Waals surface area (Å²) in [5.74, 6) is 0.202. The van der Waals surface area contributed by atoms with E-state index in [9.17, 15) is 4.79 Å². The first-order valence-electron chi connectivity index (χ1n) is 4.37. The summed E-state index contributed by atoms with van der Waals surface area (Å²) in [6.45, 7) is 0. The number of H-pyrrole nitrogens is 1. The Balaban J connectivity index is 2.27. The highest BCUT2D eigenvalue weighted by Gasteiger charge is 2.11. The molecule has 5 nitrogen and oxygen atoms in total. The first kappa shape index (κ1) is 9.39. The van der Waals surface area contributed by atoms with E-state index < -0.39 is 0 Å². The first-order valence-corrected chi connectivity index (χ1v) is 4.37. The van der Waals surface area contributed by atoms with Gasteiger partial charge < -0.3 is 9.72 Å². The molecule has 1 N–H and O–H groups in total. The monoisotopic (exact) mass is 203 g/mol. The number of ether oxygens (including phenoxy) is 1. The van der Waals surface area contributed by atoms with Crippen molar-refractivity contribution < 1.29 is 9.53 Å². The number of ketones is 1. The molecule has 0 aromatic carbocycles. The van der Waals surface area contributed by atoms with Crippen LogP contribution in [0.4, 0.5) is 0 Å². The quantitative estimate of drug-likeness (QED) is 0.757. The molecule has 2 rings (SSSR count). The highest BCUT2D eigenvalue weighted by Crippen LogP contribution is 2.07. The van der Waals surface area contributed by atoms with Crippen LogP contribution in [-0.2, 0) is 0 Å². The Kier molecular flexibility index (Phi) is 2.45. The van der Waals surface area contributed by atoms with Crippen molar-refractivity contribution in [1.82, 2.24) is 15.2 Å². The molecule has 0 saturated heterocycles. The summed E-state index contributed by atoms with van der Waals surface area (Å²) in [4.78, 5) is 14.5. The topological polar surface area (TPSA) is 67.9 Å². The van der Waals surface area contributed by atoms with Gasteiger partial charge in [-0.2, -0.15) is 0 Å². The van der Waals surface area contributed by atoms with Crippen molar-refractivity contribution in [1.29, 1.82) is 0 Å². The lowest BCUT2D eigenvalue weighted by molar-refractivity contribution is 0.102. The molecule has 0 amide bonds. The number of carbonyl (C=O) groups is 1. The summed E-state index contributed by atoms with van der Waals surface area (Å²) in [5, 5.41) is 7.48. The molecule has 0 aliphatic carbocycles. The zero-order valence-electron chi connectivity index (χ0n) is 8.10. The maximum atomic E-state index is 11.7. The number of nitrogens with one attached hydrogen (secondary N) is 1. The van der Waals surface area contributed by atoms with Crippen molar-refractivity contribution in [3.05, 3.63) is 41.9 Å². The molecule has 2 aromatic rings. The molecule has 0 saturated carbocycles. The minimum Gasteiger partial charge on any atom is -0.480 e. The molecule has 15 heavy (non-hydrogen) atoms. The fourth-order valence-corrected chi connectivity index (χ4v) is 1.16. The zero-order chi connectivity index (χ0) is 10.7. The van der Waals surface area contributed by atoms with Gasteiger partial charge in [0.25, 0.3) is 0 Å². The van der Waals surface area contributed by atoms with Crippen molar-refractivity contribution >= 4 is 5.78 Å². The van der Waals surface area contributed by atoms with Crippen LogP contribution in [-0.4, -0.2) is 28.1 Å². The number of nitrogens with zero attached hydrogens (tertiary/aromatic N) is 2. The van der Waals surface area contributed by atoms with E-state index in [-0.39, 0.29) is 5.78 Å². The predicted molar refractivity (Wildman–Crippen MR) is 52.8 cm³/mol. The van der Waals surface area contributed by atoms with E-state index in [0.29, 0.717) is 17.3 Å². The molecule has 0 atom stereocenters. The predicted octanol–water partition coefficient (Wildman–Crippen LogP) is 1.04.